The third-order valence-corrected chi connectivity index (χ3v) is 7.87. The SMILES string of the molecule is COCOc1cc(-c2cn[nH]c2)c(F)cc1-c1ccc(N(C)[C@@H]2C[C@]3(C)CC[C@](C)(C2)N3C(=O)O)nn1. The number of ether oxygens (including phenoxy) is 2. The van der Waals surface area contributed by atoms with Crippen LogP contribution in [0.1, 0.15) is 39.5 Å². The number of hydrogen-bond donors (Lipinski definition) is 2. The number of H-pyrrole nitrogens is 1. The quantitative estimate of drug-likeness (QED) is 0.445. The molecule has 0 spiro atoms. The Morgan fingerprint density at radius 1 is 1.22 bits per heavy atom. The summed E-state index contributed by atoms with van der Waals surface area (Å²) >= 11 is 0. The first-order valence-corrected chi connectivity index (χ1v) is 12.2. The van der Waals surface area contributed by atoms with Crippen molar-refractivity contribution in [2.24, 2.45) is 0 Å². The number of nitrogens with zero attached hydrogens (tertiary/aromatic N) is 5. The number of amides is 1. The molecule has 5 rings (SSSR count). The molecule has 2 bridgehead atoms. The first-order valence-electron chi connectivity index (χ1n) is 12.2. The van der Waals surface area contributed by atoms with Crippen LogP contribution in [-0.4, -0.2) is 74.6 Å². The summed E-state index contributed by atoms with van der Waals surface area (Å²) in [4.78, 5) is 15.7. The predicted molar refractivity (Wildman–Crippen MR) is 135 cm³/mol. The number of methoxy groups -OCH3 is 1. The Kier molecular flexibility index (Phi) is 6.26. The van der Waals surface area contributed by atoms with E-state index >= 15 is 4.39 Å². The summed E-state index contributed by atoms with van der Waals surface area (Å²) in [6.45, 7) is 4.05. The molecule has 4 heterocycles. The monoisotopic (exact) mass is 510 g/mol. The van der Waals surface area contributed by atoms with E-state index in [-0.39, 0.29) is 12.8 Å². The molecule has 11 heteroatoms. The fourth-order valence-electron chi connectivity index (χ4n) is 6.08. The van der Waals surface area contributed by atoms with Gasteiger partial charge in [-0.2, -0.15) is 5.10 Å². The predicted octanol–water partition coefficient (Wildman–Crippen LogP) is 4.55. The summed E-state index contributed by atoms with van der Waals surface area (Å²) in [5, 5.41) is 25.3. The van der Waals surface area contributed by atoms with Crippen molar-refractivity contribution in [2.75, 3.05) is 25.9 Å². The number of fused-ring (bicyclic) bond motifs is 2. The highest BCUT2D eigenvalue weighted by molar-refractivity contribution is 5.75. The molecule has 196 valence electrons. The van der Waals surface area contributed by atoms with Crippen LogP contribution in [0.4, 0.5) is 15.0 Å². The van der Waals surface area contributed by atoms with Crippen LogP contribution < -0.4 is 9.64 Å². The minimum absolute atomic E-state index is 0.00964. The third kappa shape index (κ3) is 4.37. The zero-order valence-corrected chi connectivity index (χ0v) is 21.4. The smallest absolute Gasteiger partial charge is 0.408 e. The van der Waals surface area contributed by atoms with Gasteiger partial charge in [-0.05, 0) is 63.8 Å². The average molecular weight is 511 g/mol. The lowest BCUT2D eigenvalue weighted by molar-refractivity contribution is 0.0131. The van der Waals surface area contributed by atoms with Crippen LogP contribution in [0, 0.1) is 5.82 Å². The molecular weight excluding hydrogens is 479 g/mol. The maximum Gasteiger partial charge on any atom is 0.408 e. The van der Waals surface area contributed by atoms with E-state index in [1.54, 1.807) is 23.2 Å². The second-order valence-electron chi connectivity index (χ2n) is 10.4. The Morgan fingerprint density at radius 2 is 1.95 bits per heavy atom. The van der Waals surface area contributed by atoms with E-state index in [1.807, 2.05) is 27.0 Å². The Morgan fingerprint density at radius 3 is 2.51 bits per heavy atom. The third-order valence-electron chi connectivity index (χ3n) is 7.87. The number of rotatable bonds is 7. The molecule has 37 heavy (non-hydrogen) atoms. The van der Waals surface area contributed by atoms with Crippen molar-refractivity contribution < 1.29 is 23.8 Å². The van der Waals surface area contributed by atoms with Crippen molar-refractivity contribution >= 4 is 11.9 Å². The number of aromatic nitrogens is 4. The number of carboxylic acid groups (broad SMARTS) is 1. The molecule has 2 aromatic heterocycles. The average Bonchev–Trinajstić information content (AvgIpc) is 3.46. The maximum atomic E-state index is 15.1. The van der Waals surface area contributed by atoms with Crippen molar-refractivity contribution in [2.45, 2.75) is 56.7 Å². The largest absolute Gasteiger partial charge is 0.467 e. The fourth-order valence-corrected chi connectivity index (χ4v) is 6.08. The van der Waals surface area contributed by atoms with E-state index in [0.717, 1.165) is 12.8 Å². The van der Waals surface area contributed by atoms with Gasteiger partial charge in [0.05, 0.1) is 11.9 Å². The van der Waals surface area contributed by atoms with Gasteiger partial charge >= 0.3 is 6.09 Å². The number of anilines is 1. The Balaban J connectivity index is 1.41. The molecule has 0 saturated carbocycles. The molecular formula is C26H31FN6O4. The summed E-state index contributed by atoms with van der Waals surface area (Å²) in [6.07, 6.45) is 5.40. The summed E-state index contributed by atoms with van der Waals surface area (Å²) in [6, 6.07) is 6.72. The topological polar surface area (TPSA) is 117 Å². The zero-order valence-electron chi connectivity index (χ0n) is 21.4. The summed E-state index contributed by atoms with van der Waals surface area (Å²) in [5.41, 5.74) is 1.04. The van der Waals surface area contributed by atoms with Gasteiger partial charge in [-0.25, -0.2) is 9.18 Å². The number of aromatic amines is 1. The van der Waals surface area contributed by atoms with Crippen molar-refractivity contribution in [1.82, 2.24) is 25.3 Å². The number of carbonyl (C=O) groups is 1. The van der Waals surface area contributed by atoms with Gasteiger partial charge in [0.15, 0.2) is 12.6 Å². The Bertz CT molecular complexity index is 1270. The summed E-state index contributed by atoms with van der Waals surface area (Å²) in [5.74, 6) is 0.638. The molecule has 3 aromatic rings. The number of halogens is 1. The van der Waals surface area contributed by atoms with Crippen molar-refractivity contribution in [3.05, 3.63) is 42.5 Å². The molecule has 2 saturated heterocycles. The van der Waals surface area contributed by atoms with Crippen molar-refractivity contribution in [1.29, 1.82) is 0 Å². The van der Waals surface area contributed by atoms with Gasteiger partial charge in [0.1, 0.15) is 11.6 Å². The van der Waals surface area contributed by atoms with Crippen LogP contribution in [0.3, 0.4) is 0 Å². The van der Waals surface area contributed by atoms with Gasteiger partial charge in [-0.3, -0.25) is 10.00 Å². The highest BCUT2D eigenvalue weighted by Crippen LogP contribution is 2.51. The van der Waals surface area contributed by atoms with Gasteiger partial charge in [-0.1, -0.05) is 0 Å². The second kappa shape index (κ2) is 9.29. The van der Waals surface area contributed by atoms with Gasteiger partial charge in [0.25, 0.3) is 0 Å². The normalized spacial score (nSPS) is 24.8. The Labute approximate surface area is 214 Å². The van der Waals surface area contributed by atoms with Crippen molar-refractivity contribution in [3.8, 4) is 28.1 Å². The maximum absolute atomic E-state index is 15.1. The number of nitrogens with one attached hydrogen (secondary N) is 1. The summed E-state index contributed by atoms with van der Waals surface area (Å²) < 4.78 is 25.9. The van der Waals surface area contributed by atoms with E-state index in [4.69, 9.17) is 9.47 Å². The minimum Gasteiger partial charge on any atom is -0.467 e. The molecule has 10 nitrogen and oxygen atoms in total. The van der Waals surface area contributed by atoms with E-state index < -0.39 is 23.0 Å². The minimum atomic E-state index is -0.856. The number of hydrogen-bond acceptors (Lipinski definition) is 7. The zero-order chi connectivity index (χ0) is 26.4. The van der Waals surface area contributed by atoms with Crippen LogP contribution in [0.15, 0.2) is 36.7 Å². The molecule has 0 radical (unpaired) electrons. The molecule has 2 aliphatic heterocycles. The van der Waals surface area contributed by atoms with Crippen LogP contribution in [-0.2, 0) is 4.74 Å². The standard InChI is InChI=1S/C26H31FN6O4/c1-25-7-8-26(2,33(25)24(34)35)12-17(11-25)32(3)23-6-5-21(30-31-23)19-9-20(27)18(16-13-28-29-14-16)10-22(19)37-15-36-4/h5-6,9-10,13-14,17H,7-8,11-12,15H2,1-4H3,(H,28,29)(H,34,35)/t17-,25+,26-. The molecule has 2 N–H and O–H groups in total. The lowest BCUT2D eigenvalue weighted by Gasteiger charge is -2.51. The van der Waals surface area contributed by atoms with Gasteiger partial charge < -0.3 is 19.5 Å². The highest BCUT2D eigenvalue weighted by Gasteiger charge is 2.58. The first kappa shape index (κ1) is 24.9. The highest BCUT2D eigenvalue weighted by atomic mass is 19.1. The molecule has 2 aliphatic rings. The molecule has 1 aromatic carbocycles. The van der Waals surface area contributed by atoms with Crippen molar-refractivity contribution in [3.63, 3.8) is 0 Å². The van der Waals surface area contributed by atoms with E-state index in [2.05, 4.69) is 25.3 Å². The fraction of sp³-hybridized carbons (Fsp3) is 0.462. The van der Waals surface area contributed by atoms with Crippen LogP contribution in [0.25, 0.3) is 22.4 Å². The van der Waals surface area contributed by atoms with E-state index in [0.29, 0.717) is 46.8 Å². The van der Waals surface area contributed by atoms with Gasteiger partial charge in [-0.15, -0.1) is 10.2 Å². The van der Waals surface area contributed by atoms with E-state index in [9.17, 15) is 9.90 Å². The summed E-state index contributed by atoms with van der Waals surface area (Å²) in [7, 11) is 3.47. The molecule has 0 aliphatic carbocycles. The van der Waals surface area contributed by atoms with Crippen LogP contribution in [0.5, 0.6) is 5.75 Å². The van der Waals surface area contributed by atoms with Gasteiger partial charge in [0.2, 0.25) is 0 Å². The molecule has 2 fully saturated rings. The molecule has 3 atom stereocenters. The first-order chi connectivity index (χ1) is 17.6. The van der Waals surface area contributed by atoms with Crippen LogP contribution in [0.2, 0.25) is 0 Å². The second-order valence-corrected chi connectivity index (χ2v) is 10.4. The molecule has 0 unspecified atom stereocenters. The van der Waals surface area contributed by atoms with E-state index in [1.165, 1.54) is 19.4 Å². The number of benzene rings is 1. The number of piperidine rings is 1. The van der Waals surface area contributed by atoms with Gasteiger partial charge in [0, 0.05) is 54.2 Å². The Hall–Kier alpha value is -3.73. The molecule has 1 amide bonds. The lowest BCUT2D eigenvalue weighted by Crippen LogP contribution is -2.62. The lowest BCUT2D eigenvalue weighted by atomic mass is 9.82. The van der Waals surface area contributed by atoms with Crippen LogP contribution >= 0.6 is 0 Å².